The molecule has 3 atom stereocenters. The second-order valence-corrected chi connectivity index (χ2v) is 22.6. The average Bonchev–Trinajstić information content (AvgIpc) is 2.60. The highest BCUT2D eigenvalue weighted by molar-refractivity contribution is 6.70. The van der Waals surface area contributed by atoms with Crippen molar-refractivity contribution < 1.29 is 22.8 Å². The summed E-state index contributed by atoms with van der Waals surface area (Å²) in [6.07, 6.45) is -0.521. The molecule has 1 aliphatic rings. The van der Waals surface area contributed by atoms with Crippen LogP contribution in [0.1, 0.15) is 6.42 Å². The van der Waals surface area contributed by atoms with Gasteiger partial charge < -0.3 is 18.0 Å². The average molecular weight is 379 g/mol. The summed E-state index contributed by atoms with van der Waals surface area (Å²) in [5, 5.41) is 0. The molecule has 136 valence electrons. The second kappa shape index (κ2) is 7.49. The minimum atomic E-state index is -1.79. The van der Waals surface area contributed by atoms with Gasteiger partial charge in [0.1, 0.15) is 6.10 Å². The summed E-state index contributed by atoms with van der Waals surface area (Å²) in [7, 11) is -5.23. The van der Waals surface area contributed by atoms with E-state index in [1.165, 1.54) is 0 Å². The Bertz CT molecular complexity index is 409. The van der Waals surface area contributed by atoms with Crippen molar-refractivity contribution in [3.8, 4) is 0 Å². The first-order chi connectivity index (χ1) is 10.2. The fourth-order valence-electron chi connectivity index (χ4n) is 2.42. The molecule has 0 radical (unpaired) electrons. The fourth-order valence-corrected chi connectivity index (χ4v) is 5.32. The van der Waals surface area contributed by atoms with E-state index in [9.17, 15) is 4.79 Å². The van der Waals surface area contributed by atoms with Gasteiger partial charge in [0.05, 0.1) is 19.1 Å². The van der Waals surface area contributed by atoms with Crippen LogP contribution in [0, 0.1) is 0 Å². The lowest BCUT2D eigenvalue weighted by Crippen LogP contribution is -2.49. The van der Waals surface area contributed by atoms with Gasteiger partial charge in [-0.15, -0.1) is 0 Å². The van der Waals surface area contributed by atoms with Gasteiger partial charge in [0.25, 0.3) is 0 Å². The minimum absolute atomic E-state index is 0.199. The van der Waals surface area contributed by atoms with Crippen LogP contribution in [0.3, 0.4) is 0 Å². The smallest absolute Gasteiger partial charge is 0.308 e. The lowest BCUT2D eigenvalue weighted by molar-refractivity contribution is -0.146. The van der Waals surface area contributed by atoms with Crippen LogP contribution >= 0.6 is 0 Å². The minimum Gasteiger partial charge on any atom is -0.457 e. The number of carbonyl (C=O) groups is 1. The van der Waals surface area contributed by atoms with Gasteiger partial charge in [-0.2, -0.15) is 0 Å². The van der Waals surface area contributed by atoms with Gasteiger partial charge in [0.2, 0.25) is 0 Å². The van der Waals surface area contributed by atoms with Gasteiger partial charge >= 0.3 is 5.97 Å². The van der Waals surface area contributed by atoms with Gasteiger partial charge in [0.15, 0.2) is 31.1 Å². The second-order valence-electron chi connectivity index (χ2n) is 9.12. The van der Waals surface area contributed by atoms with Crippen molar-refractivity contribution in [2.24, 2.45) is 0 Å². The first kappa shape index (κ1) is 21.0. The molecule has 1 saturated heterocycles. The van der Waals surface area contributed by atoms with Gasteiger partial charge in [-0.1, -0.05) is 0 Å². The summed E-state index contributed by atoms with van der Waals surface area (Å²) in [6, 6.07) is 0. The quantitative estimate of drug-likeness (QED) is 0.477. The van der Waals surface area contributed by atoms with Crippen LogP contribution < -0.4 is 0 Å². The molecule has 8 heteroatoms. The molecule has 0 amide bonds. The lowest BCUT2D eigenvalue weighted by atomic mass is 10.1. The Morgan fingerprint density at radius 3 is 2.00 bits per heavy atom. The topological polar surface area (TPSA) is 54.0 Å². The maximum absolute atomic E-state index is 11.9. The third kappa shape index (κ3) is 8.59. The largest absolute Gasteiger partial charge is 0.457 e. The van der Waals surface area contributed by atoms with Crippen molar-refractivity contribution in [1.82, 2.24) is 0 Å². The highest BCUT2D eigenvalue weighted by Gasteiger charge is 2.45. The van der Waals surface area contributed by atoms with E-state index in [0.717, 1.165) is 0 Å². The van der Waals surface area contributed by atoms with E-state index in [2.05, 4.69) is 58.9 Å². The SMILES string of the molecule is C[Si](C)(C)OC[C@@H](O[Si](C)(C)C)[C@@H]1OC(=O)C[C@H]1O[Si](C)(C)C. The number of rotatable bonds is 8. The molecule has 1 aliphatic heterocycles. The third-order valence-electron chi connectivity index (χ3n) is 3.06. The summed E-state index contributed by atoms with van der Waals surface area (Å²) < 4.78 is 24.1. The van der Waals surface area contributed by atoms with Crippen LogP contribution in [0.4, 0.5) is 0 Å². The summed E-state index contributed by atoms with van der Waals surface area (Å²) in [6.45, 7) is 19.7. The van der Waals surface area contributed by atoms with E-state index in [-0.39, 0.29) is 24.3 Å². The monoisotopic (exact) mass is 378 g/mol. The molecular weight excluding hydrogens is 344 g/mol. The summed E-state index contributed by atoms with van der Waals surface area (Å²) in [5.41, 5.74) is 0. The predicted octanol–water partition coefficient (Wildman–Crippen LogP) is 3.59. The number of ether oxygens (including phenoxy) is 1. The van der Waals surface area contributed by atoms with Gasteiger partial charge in [-0.05, 0) is 58.9 Å². The first-order valence-corrected chi connectivity index (χ1v) is 18.6. The van der Waals surface area contributed by atoms with Crippen molar-refractivity contribution in [3.63, 3.8) is 0 Å². The Balaban J connectivity index is 2.90. The Labute approximate surface area is 144 Å². The molecule has 5 nitrogen and oxygen atoms in total. The normalized spacial score (nSPS) is 24.7. The number of hydrogen-bond acceptors (Lipinski definition) is 5. The summed E-state index contributed by atoms with van der Waals surface area (Å²) in [5.74, 6) is -0.199. The number of hydrogen-bond donors (Lipinski definition) is 0. The first-order valence-electron chi connectivity index (χ1n) is 8.35. The Kier molecular flexibility index (Phi) is 6.85. The zero-order valence-electron chi connectivity index (χ0n) is 16.2. The zero-order valence-corrected chi connectivity index (χ0v) is 19.2. The van der Waals surface area contributed by atoms with Crippen molar-refractivity contribution >= 4 is 30.9 Å². The molecule has 1 fully saturated rings. The molecule has 0 aliphatic carbocycles. The van der Waals surface area contributed by atoms with Crippen molar-refractivity contribution in [2.75, 3.05) is 6.61 Å². The molecule has 0 bridgehead atoms. The van der Waals surface area contributed by atoms with E-state index in [0.29, 0.717) is 13.0 Å². The van der Waals surface area contributed by atoms with Gasteiger partial charge in [-0.3, -0.25) is 4.79 Å². The Morgan fingerprint density at radius 2 is 1.57 bits per heavy atom. The van der Waals surface area contributed by atoms with Crippen LogP contribution in [-0.2, 0) is 22.8 Å². The van der Waals surface area contributed by atoms with Crippen LogP contribution in [0.2, 0.25) is 58.9 Å². The van der Waals surface area contributed by atoms with E-state index < -0.39 is 25.0 Å². The van der Waals surface area contributed by atoms with E-state index >= 15 is 0 Å². The van der Waals surface area contributed by atoms with Gasteiger partial charge in [0, 0.05) is 0 Å². The van der Waals surface area contributed by atoms with Crippen LogP contribution in [-0.4, -0.2) is 55.8 Å². The molecule has 0 aromatic rings. The molecule has 23 heavy (non-hydrogen) atoms. The Morgan fingerprint density at radius 1 is 1.00 bits per heavy atom. The lowest BCUT2D eigenvalue weighted by Gasteiger charge is -2.35. The zero-order chi connectivity index (χ0) is 18.1. The molecular formula is C15H34O5Si3. The summed E-state index contributed by atoms with van der Waals surface area (Å²) >= 11 is 0. The number of cyclic esters (lactones) is 1. The molecule has 0 unspecified atom stereocenters. The maximum Gasteiger partial charge on any atom is 0.308 e. The third-order valence-corrected chi connectivity index (χ3v) is 6.11. The molecule has 0 aromatic carbocycles. The maximum atomic E-state index is 11.9. The van der Waals surface area contributed by atoms with E-state index in [1.54, 1.807) is 0 Å². The molecule has 0 aromatic heterocycles. The van der Waals surface area contributed by atoms with Gasteiger partial charge in [-0.25, -0.2) is 0 Å². The van der Waals surface area contributed by atoms with E-state index in [1.807, 2.05) is 0 Å². The van der Waals surface area contributed by atoms with Crippen molar-refractivity contribution in [1.29, 1.82) is 0 Å². The number of esters is 1. The van der Waals surface area contributed by atoms with E-state index in [4.69, 9.17) is 18.0 Å². The van der Waals surface area contributed by atoms with Crippen LogP contribution in [0.15, 0.2) is 0 Å². The molecule has 0 saturated carbocycles. The predicted molar refractivity (Wildman–Crippen MR) is 100 cm³/mol. The molecule has 1 heterocycles. The van der Waals surface area contributed by atoms with Crippen molar-refractivity contribution in [3.05, 3.63) is 0 Å². The fraction of sp³-hybridized carbons (Fsp3) is 0.933. The van der Waals surface area contributed by atoms with Crippen LogP contribution in [0.25, 0.3) is 0 Å². The molecule has 0 spiro atoms. The molecule has 1 rings (SSSR count). The van der Waals surface area contributed by atoms with Crippen molar-refractivity contribution in [2.45, 2.75) is 83.7 Å². The highest BCUT2D eigenvalue weighted by Crippen LogP contribution is 2.28. The standard InChI is InChI=1S/C15H34O5Si3/c1-21(2,3)17-11-13(20-23(7,8)9)15-12(10-14(16)18-15)19-22(4,5)6/h12-13,15H,10-11H2,1-9H3/t12-,13-,15-/m1/s1. The van der Waals surface area contributed by atoms with Crippen LogP contribution in [0.5, 0.6) is 0 Å². The number of carbonyl (C=O) groups excluding carboxylic acids is 1. The Hall–Kier alpha value is 0.000649. The summed E-state index contributed by atoms with van der Waals surface area (Å²) in [4.78, 5) is 11.9. The highest BCUT2D eigenvalue weighted by atomic mass is 28.4. The molecule has 0 N–H and O–H groups in total.